The molecule has 1 aromatic rings. The third-order valence-electron chi connectivity index (χ3n) is 2.41. The molecule has 1 atom stereocenters. The summed E-state index contributed by atoms with van der Waals surface area (Å²) >= 11 is 8.36. The lowest BCUT2D eigenvalue weighted by atomic mass is 10.2. The molecule has 1 aromatic carbocycles. The lowest BCUT2D eigenvalue weighted by Gasteiger charge is -2.12. The molecule has 0 amide bonds. The van der Waals surface area contributed by atoms with E-state index < -0.39 is 19.9 Å². The summed E-state index contributed by atoms with van der Waals surface area (Å²) < 4.78 is 31.9. The molecule has 20 heavy (non-hydrogen) atoms. The summed E-state index contributed by atoms with van der Waals surface area (Å²) in [6.45, 7) is 1.82. The minimum atomic E-state index is -3.71. The largest absolute Gasteiger partial charge is 0.468 e. The van der Waals surface area contributed by atoms with Gasteiger partial charge in [-0.2, -0.15) is 0 Å². The molecule has 0 saturated heterocycles. The Morgan fingerprint density at radius 3 is 2.55 bits per heavy atom. The van der Waals surface area contributed by atoms with Crippen LogP contribution in [-0.4, -0.2) is 32.0 Å². The number of carbonyl (C=O) groups is 1. The van der Waals surface area contributed by atoms with Gasteiger partial charge in [0.25, 0.3) is 0 Å². The van der Waals surface area contributed by atoms with Crippen molar-refractivity contribution >= 4 is 70.4 Å². The molecule has 0 aromatic heterocycles. The molecular weight excluding hydrogens is 529 g/mol. The smallest absolute Gasteiger partial charge is 0.319 e. The first-order valence-electron chi connectivity index (χ1n) is 5.36. The Labute approximate surface area is 148 Å². The maximum atomic E-state index is 12.2. The fourth-order valence-electron chi connectivity index (χ4n) is 1.31. The number of alkyl halides is 1. The molecule has 1 unspecified atom stereocenters. The lowest BCUT2D eigenvalue weighted by molar-refractivity contribution is -0.139. The summed E-state index contributed by atoms with van der Waals surface area (Å²) in [6, 6.07) is 3.22. The Hall–Kier alpha value is 0.290. The molecule has 1 N–H and O–H groups in total. The van der Waals surface area contributed by atoms with Crippen molar-refractivity contribution in [2.45, 2.75) is 15.7 Å². The highest BCUT2D eigenvalue weighted by molar-refractivity contribution is 14.1. The topological polar surface area (TPSA) is 72.5 Å². The van der Waals surface area contributed by atoms with Crippen LogP contribution < -0.4 is 4.72 Å². The van der Waals surface area contributed by atoms with Gasteiger partial charge in [0.05, 0.1) is 12.0 Å². The Bertz CT molecular complexity index is 621. The number of sulfonamides is 1. The highest BCUT2D eigenvalue weighted by atomic mass is 127. The number of benzene rings is 1. The number of esters is 1. The second-order valence-electron chi connectivity index (χ2n) is 3.87. The van der Waals surface area contributed by atoms with Gasteiger partial charge in [-0.25, -0.2) is 13.1 Å². The number of hydrogen-bond acceptors (Lipinski definition) is 4. The quantitative estimate of drug-likeness (QED) is 0.354. The van der Waals surface area contributed by atoms with E-state index in [1.807, 2.05) is 29.5 Å². The predicted octanol–water partition coefficient (Wildman–Crippen LogP) is 2.77. The van der Waals surface area contributed by atoms with Crippen LogP contribution in [-0.2, 0) is 19.6 Å². The van der Waals surface area contributed by atoms with Crippen molar-refractivity contribution in [3.63, 3.8) is 0 Å². The maximum absolute atomic E-state index is 12.2. The summed E-state index contributed by atoms with van der Waals surface area (Å²) in [6.07, 6.45) is 0. The Kier molecular flexibility index (Phi) is 6.90. The van der Waals surface area contributed by atoms with E-state index in [2.05, 4.69) is 41.3 Å². The van der Waals surface area contributed by atoms with E-state index in [0.29, 0.717) is 8.95 Å². The van der Waals surface area contributed by atoms with E-state index in [4.69, 9.17) is 0 Å². The molecule has 0 fully saturated rings. The Morgan fingerprint density at radius 2 is 2.00 bits per heavy atom. The SMILES string of the molecule is COC(=O)C(I)CNS(=O)(=O)c1cc(Br)c(C)cc1Br. The molecule has 0 aliphatic heterocycles. The molecule has 1 rings (SSSR count). The van der Waals surface area contributed by atoms with Crippen molar-refractivity contribution in [3.8, 4) is 0 Å². The number of nitrogens with one attached hydrogen (secondary N) is 1. The lowest BCUT2D eigenvalue weighted by Crippen LogP contribution is -2.34. The Morgan fingerprint density at radius 1 is 1.40 bits per heavy atom. The first-order chi connectivity index (χ1) is 9.19. The predicted molar refractivity (Wildman–Crippen MR) is 91.6 cm³/mol. The first kappa shape index (κ1) is 18.3. The van der Waals surface area contributed by atoms with Crippen molar-refractivity contribution < 1.29 is 17.9 Å². The van der Waals surface area contributed by atoms with Gasteiger partial charge in [0.2, 0.25) is 10.0 Å². The molecule has 0 heterocycles. The fourth-order valence-corrected chi connectivity index (χ4v) is 4.80. The molecule has 5 nitrogen and oxygen atoms in total. The fraction of sp³-hybridized carbons (Fsp3) is 0.364. The van der Waals surface area contributed by atoms with Crippen LogP contribution in [0.1, 0.15) is 5.56 Å². The molecule has 0 spiro atoms. The van der Waals surface area contributed by atoms with Crippen LogP contribution in [0.5, 0.6) is 0 Å². The summed E-state index contributed by atoms with van der Waals surface area (Å²) in [5, 5.41) is 0. The number of carbonyl (C=O) groups excluding carboxylic acids is 1. The number of methoxy groups -OCH3 is 1. The molecule has 0 saturated carbocycles. The van der Waals surface area contributed by atoms with E-state index in [-0.39, 0.29) is 11.4 Å². The van der Waals surface area contributed by atoms with Crippen molar-refractivity contribution in [1.82, 2.24) is 4.72 Å². The van der Waals surface area contributed by atoms with Crippen LogP contribution in [0, 0.1) is 6.92 Å². The second kappa shape index (κ2) is 7.52. The van der Waals surface area contributed by atoms with Gasteiger partial charge in [0.15, 0.2) is 0 Å². The summed E-state index contributed by atoms with van der Waals surface area (Å²) in [7, 11) is -2.45. The average Bonchev–Trinajstić information content (AvgIpc) is 2.39. The van der Waals surface area contributed by atoms with Gasteiger partial charge in [0, 0.05) is 15.5 Å². The zero-order valence-corrected chi connectivity index (χ0v) is 16.8. The van der Waals surface area contributed by atoms with Crippen molar-refractivity contribution in [2.24, 2.45) is 0 Å². The van der Waals surface area contributed by atoms with Crippen molar-refractivity contribution in [2.75, 3.05) is 13.7 Å². The van der Waals surface area contributed by atoms with E-state index in [1.165, 1.54) is 13.2 Å². The van der Waals surface area contributed by atoms with E-state index in [9.17, 15) is 13.2 Å². The number of ether oxygens (including phenoxy) is 1. The highest BCUT2D eigenvalue weighted by Crippen LogP contribution is 2.28. The molecule has 9 heteroatoms. The zero-order chi connectivity index (χ0) is 15.5. The zero-order valence-electron chi connectivity index (χ0n) is 10.6. The van der Waals surface area contributed by atoms with Gasteiger partial charge < -0.3 is 4.74 Å². The van der Waals surface area contributed by atoms with Gasteiger partial charge in [-0.1, -0.05) is 38.5 Å². The molecule has 112 valence electrons. The Balaban J connectivity index is 2.95. The minimum Gasteiger partial charge on any atom is -0.468 e. The van der Waals surface area contributed by atoms with Gasteiger partial charge >= 0.3 is 5.97 Å². The van der Waals surface area contributed by atoms with Crippen LogP contribution in [0.25, 0.3) is 0 Å². The molecule has 0 aliphatic carbocycles. The third kappa shape index (κ3) is 4.65. The average molecular weight is 541 g/mol. The van der Waals surface area contributed by atoms with Crippen LogP contribution in [0.4, 0.5) is 0 Å². The van der Waals surface area contributed by atoms with Gasteiger partial charge in [-0.3, -0.25) is 4.79 Å². The number of halogens is 3. The van der Waals surface area contributed by atoms with Gasteiger partial charge in [-0.05, 0) is 40.5 Å². The van der Waals surface area contributed by atoms with E-state index in [1.54, 1.807) is 6.07 Å². The van der Waals surface area contributed by atoms with E-state index >= 15 is 0 Å². The molecule has 0 bridgehead atoms. The van der Waals surface area contributed by atoms with E-state index in [0.717, 1.165) is 5.56 Å². The number of hydrogen-bond donors (Lipinski definition) is 1. The van der Waals surface area contributed by atoms with Crippen LogP contribution in [0.15, 0.2) is 26.0 Å². The van der Waals surface area contributed by atoms with Crippen molar-refractivity contribution in [3.05, 3.63) is 26.6 Å². The first-order valence-corrected chi connectivity index (χ1v) is 9.67. The summed E-state index contributed by atoms with van der Waals surface area (Å²) in [4.78, 5) is 11.4. The minimum absolute atomic E-state index is 0.0342. The van der Waals surface area contributed by atoms with Crippen molar-refractivity contribution in [1.29, 1.82) is 0 Å². The molecule has 0 aliphatic rings. The normalized spacial score (nSPS) is 13.1. The highest BCUT2D eigenvalue weighted by Gasteiger charge is 2.22. The van der Waals surface area contributed by atoms with Crippen LogP contribution in [0.3, 0.4) is 0 Å². The monoisotopic (exact) mass is 539 g/mol. The van der Waals surface area contributed by atoms with Crippen LogP contribution in [0.2, 0.25) is 0 Å². The van der Waals surface area contributed by atoms with Gasteiger partial charge in [0.1, 0.15) is 3.92 Å². The standard InChI is InChI=1S/C11H12Br2INO4S/c1-6-3-8(13)10(4-7(6)12)20(17,18)15-5-9(14)11(16)19-2/h3-4,9,15H,5H2,1-2H3. The molecular formula is C11H12Br2INO4S. The third-order valence-corrected chi connectivity index (χ3v) is 6.60. The summed E-state index contributed by atoms with van der Waals surface area (Å²) in [5.74, 6) is -0.475. The second-order valence-corrected chi connectivity index (χ2v) is 8.82. The summed E-state index contributed by atoms with van der Waals surface area (Å²) in [5.41, 5.74) is 0.914. The maximum Gasteiger partial charge on any atom is 0.319 e. The number of aryl methyl sites for hydroxylation is 1. The van der Waals surface area contributed by atoms with Gasteiger partial charge in [-0.15, -0.1) is 0 Å². The molecule has 0 radical (unpaired) electrons. The van der Waals surface area contributed by atoms with Crippen LogP contribution >= 0.6 is 54.5 Å². The number of rotatable bonds is 5.